The molecule has 0 amide bonds. The number of hydrogen-bond donors (Lipinski definition) is 0. The first-order valence-corrected chi connectivity index (χ1v) is 4.75. The fourth-order valence-corrected chi connectivity index (χ4v) is 1.53. The number of aliphatic imine (C=N–C) groups is 1. The Balaban J connectivity index is 2.64. The second-order valence-electron chi connectivity index (χ2n) is 3.20. The van der Waals surface area contributed by atoms with E-state index in [0.717, 1.165) is 0 Å². The van der Waals surface area contributed by atoms with Crippen LogP contribution in [-0.2, 0) is 4.79 Å². The molecule has 0 N–H and O–H groups in total. The van der Waals surface area contributed by atoms with E-state index in [1.807, 2.05) is 0 Å². The molecular formula is C13H8FNO. The number of isocyanates is 1. The molecule has 0 aromatic heterocycles. The summed E-state index contributed by atoms with van der Waals surface area (Å²) in [6.45, 7) is 0. The molecule has 0 unspecified atom stereocenters. The maximum atomic E-state index is 13.6. The summed E-state index contributed by atoms with van der Waals surface area (Å²) in [5.41, 5.74) is 1.43. The molecule has 2 aromatic rings. The molecule has 0 spiro atoms. The number of carbonyl (C=O) groups excluding carboxylic acids is 1. The minimum absolute atomic E-state index is 0.337. The molecule has 0 saturated carbocycles. The second kappa shape index (κ2) is 4.51. The highest BCUT2D eigenvalue weighted by molar-refractivity contribution is 5.77. The van der Waals surface area contributed by atoms with Gasteiger partial charge in [-0.2, -0.15) is 4.99 Å². The van der Waals surface area contributed by atoms with Crippen LogP contribution in [0, 0.1) is 5.82 Å². The second-order valence-corrected chi connectivity index (χ2v) is 3.20. The zero-order valence-electron chi connectivity index (χ0n) is 8.35. The van der Waals surface area contributed by atoms with Gasteiger partial charge in [0.15, 0.2) is 0 Å². The van der Waals surface area contributed by atoms with Gasteiger partial charge in [0.05, 0.1) is 5.69 Å². The average Bonchev–Trinajstić information content (AvgIpc) is 2.31. The maximum Gasteiger partial charge on any atom is 0.240 e. The normalized spacial score (nSPS) is 9.56. The summed E-state index contributed by atoms with van der Waals surface area (Å²) in [6, 6.07) is 13.2. The van der Waals surface area contributed by atoms with Crippen LogP contribution in [0.1, 0.15) is 0 Å². The lowest BCUT2D eigenvalue weighted by Crippen LogP contribution is -1.83. The van der Waals surface area contributed by atoms with Crippen molar-refractivity contribution < 1.29 is 9.18 Å². The van der Waals surface area contributed by atoms with E-state index < -0.39 is 0 Å². The molecular weight excluding hydrogens is 205 g/mol. The van der Waals surface area contributed by atoms with Gasteiger partial charge < -0.3 is 0 Å². The van der Waals surface area contributed by atoms with Crippen LogP contribution in [0.3, 0.4) is 0 Å². The fourth-order valence-electron chi connectivity index (χ4n) is 1.53. The highest BCUT2D eigenvalue weighted by Crippen LogP contribution is 2.31. The Morgan fingerprint density at radius 3 is 2.25 bits per heavy atom. The van der Waals surface area contributed by atoms with Crippen LogP contribution < -0.4 is 0 Å². The van der Waals surface area contributed by atoms with E-state index in [1.54, 1.807) is 42.5 Å². The van der Waals surface area contributed by atoms with Gasteiger partial charge >= 0.3 is 0 Å². The highest BCUT2D eigenvalue weighted by atomic mass is 19.1. The summed E-state index contributed by atoms with van der Waals surface area (Å²) in [5.74, 6) is -0.337. The van der Waals surface area contributed by atoms with Crippen LogP contribution in [0.15, 0.2) is 53.5 Å². The van der Waals surface area contributed by atoms with E-state index >= 15 is 0 Å². The van der Waals surface area contributed by atoms with Gasteiger partial charge in [-0.1, -0.05) is 36.4 Å². The molecule has 0 aliphatic carbocycles. The molecule has 78 valence electrons. The van der Waals surface area contributed by atoms with Crippen LogP contribution in [0.25, 0.3) is 11.1 Å². The number of benzene rings is 2. The lowest BCUT2D eigenvalue weighted by molar-refractivity contribution is 0.565. The molecule has 0 atom stereocenters. The van der Waals surface area contributed by atoms with Gasteiger partial charge in [0.25, 0.3) is 0 Å². The molecule has 2 aromatic carbocycles. The molecule has 0 heterocycles. The first-order valence-electron chi connectivity index (χ1n) is 4.75. The van der Waals surface area contributed by atoms with Crippen molar-refractivity contribution in [3.05, 3.63) is 54.3 Å². The van der Waals surface area contributed by atoms with E-state index in [2.05, 4.69) is 4.99 Å². The molecule has 0 radical (unpaired) electrons. The summed E-state index contributed by atoms with van der Waals surface area (Å²) in [6.07, 6.45) is 1.47. The molecule has 0 aliphatic heterocycles. The van der Waals surface area contributed by atoms with Gasteiger partial charge in [0.1, 0.15) is 5.82 Å². The van der Waals surface area contributed by atoms with Crippen LogP contribution >= 0.6 is 0 Å². The average molecular weight is 213 g/mol. The van der Waals surface area contributed by atoms with Crippen molar-refractivity contribution in [1.29, 1.82) is 0 Å². The molecule has 3 heteroatoms. The van der Waals surface area contributed by atoms with Crippen molar-refractivity contribution in [2.24, 2.45) is 4.99 Å². The zero-order valence-corrected chi connectivity index (χ0v) is 8.35. The van der Waals surface area contributed by atoms with Gasteiger partial charge in [-0.25, -0.2) is 9.18 Å². The van der Waals surface area contributed by atoms with Crippen LogP contribution in [0.2, 0.25) is 0 Å². The number of hydrogen-bond acceptors (Lipinski definition) is 2. The first-order chi connectivity index (χ1) is 7.83. The maximum absolute atomic E-state index is 13.6. The molecule has 0 saturated heterocycles. The first kappa shape index (κ1) is 10.3. The molecule has 0 fully saturated rings. The highest BCUT2D eigenvalue weighted by Gasteiger charge is 2.07. The Morgan fingerprint density at radius 2 is 1.56 bits per heavy atom. The van der Waals surface area contributed by atoms with E-state index in [-0.39, 0.29) is 5.82 Å². The van der Waals surface area contributed by atoms with Crippen molar-refractivity contribution in [3.8, 4) is 11.1 Å². The Morgan fingerprint density at radius 1 is 0.938 bits per heavy atom. The Kier molecular flexibility index (Phi) is 2.90. The predicted molar refractivity (Wildman–Crippen MR) is 59.6 cm³/mol. The molecule has 2 nitrogen and oxygen atoms in total. The Hall–Kier alpha value is -2.25. The van der Waals surface area contributed by atoms with Gasteiger partial charge in [0, 0.05) is 11.1 Å². The van der Waals surface area contributed by atoms with Crippen molar-refractivity contribution in [1.82, 2.24) is 0 Å². The standard InChI is InChI=1S/C13H8FNO/c14-12-7-3-1-5-10(12)11-6-2-4-8-13(11)15-9-16/h1-8H. The molecule has 0 bridgehead atoms. The van der Waals surface area contributed by atoms with Gasteiger partial charge in [0.2, 0.25) is 6.08 Å². The fraction of sp³-hybridized carbons (Fsp3) is 0. The molecule has 2 rings (SSSR count). The molecule has 16 heavy (non-hydrogen) atoms. The Bertz CT molecular complexity index is 559. The summed E-state index contributed by atoms with van der Waals surface area (Å²) in [4.78, 5) is 13.8. The summed E-state index contributed by atoms with van der Waals surface area (Å²) >= 11 is 0. The van der Waals surface area contributed by atoms with E-state index in [1.165, 1.54) is 12.1 Å². The lowest BCUT2D eigenvalue weighted by atomic mass is 10.0. The third kappa shape index (κ3) is 1.90. The number of para-hydroxylation sites is 1. The van der Waals surface area contributed by atoms with Gasteiger partial charge in [-0.3, -0.25) is 0 Å². The zero-order chi connectivity index (χ0) is 11.4. The van der Waals surface area contributed by atoms with Crippen molar-refractivity contribution in [3.63, 3.8) is 0 Å². The molecule has 0 aliphatic rings. The third-order valence-electron chi connectivity index (χ3n) is 2.23. The number of nitrogens with zero attached hydrogens (tertiary/aromatic N) is 1. The van der Waals surface area contributed by atoms with E-state index in [9.17, 15) is 9.18 Å². The quantitative estimate of drug-likeness (QED) is 0.554. The van der Waals surface area contributed by atoms with Crippen LogP contribution in [0.5, 0.6) is 0 Å². The van der Waals surface area contributed by atoms with E-state index in [4.69, 9.17) is 0 Å². The largest absolute Gasteiger partial charge is 0.240 e. The third-order valence-corrected chi connectivity index (χ3v) is 2.23. The lowest BCUT2D eigenvalue weighted by Gasteiger charge is -2.05. The summed E-state index contributed by atoms with van der Waals surface area (Å²) in [5, 5.41) is 0. The van der Waals surface area contributed by atoms with Crippen molar-refractivity contribution in [2.45, 2.75) is 0 Å². The number of rotatable bonds is 2. The van der Waals surface area contributed by atoms with Crippen molar-refractivity contribution in [2.75, 3.05) is 0 Å². The van der Waals surface area contributed by atoms with Crippen molar-refractivity contribution >= 4 is 11.8 Å². The SMILES string of the molecule is O=C=Nc1ccccc1-c1ccccc1F. The summed E-state index contributed by atoms with van der Waals surface area (Å²) < 4.78 is 13.6. The van der Waals surface area contributed by atoms with Crippen LogP contribution in [0.4, 0.5) is 10.1 Å². The van der Waals surface area contributed by atoms with Gasteiger partial charge in [-0.15, -0.1) is 0 Å². The monoisotopic (exact) mass is 213 g/mol. The summed E-state index contributed by atoms with van der Waals surface area (Å²) in [7, 11) is 0. The van der Waals surface area contributed by atoms with E-state index in [0.29, 0.717) is 16.8 Å². The minimum Gasteiger partial charge on any atom is -0.211 e. The van der Waals surface area contributed by atoms with Crippen LogP contribution in [-0.4, -0.2) is 6.08 Å². The predicted octanol–water partition coefficient (Wildman–Crippen LogP) is 3.46. The minimum atomic E-state index is -0.337. The smallest absolute Gasteiger partial charge is 0.211 e. The number of halogens is 1. The van der Waals surface area contributed by atoms with Gasteiger partial charge in [-0.05, 0) is 12.1 Å². The topological polar surface area (TPSA) is 29.4 Å². The Labute approximate surface area is 92.1 Å².